The van der Waals surface area contributed by atoms with Gasteiger partial charge in [0, 0.05) is 38.6 Å². The number of piperazine rings is 1. The van der Waals surface area contributed by atoms with E-state index >= 15 is 0 Å². The van der Waals surface area contributed by atoms with Crippen molar-refractivity contribution in [1.82, 2.24) is 20.2 Å². The molecule has 1 aromatic rings. The van der Waals surface area contributed by atoms with E-state index < -0.39 is 0 Å². The SMILES string of the molecule is Cc1nccnc1SCC(=O)N1CCNCC1. The van der Waals surface area contributed by atoms with Crippen molar-refractivity contribution in [3.05, 3.63) is 18.1 Å². The lowest BCUT2D eigenvalue weighted by atomic mass is 10.3. The predicted molar refractivity (Wildman–Crippen MR) is 66.9 cm³/mol. The van der Waals surface area contributed by atoms with Gasteiger partial charge < -0.3 is 10.2 Å². The van der Waals surface area contributed by atoms with Crippen molar-refractivity contribution in [1.29, 1.82) is 0 Å². The van der Waals surface area contributed by atoms with Crippen LogP contribution in [-0.2, 0) is 4.79 Å². The highest BCUT2D eigenvalue weighted by Crippen LogP contribution is 2.17. The molecular formula is C11H16N4OS. The summed E-state index contributed by atoms with van der Waals surface area (Å²) in [6.07, 6.45) is 3.32. The molecule has 1 N–H and O–H groups in total. The van der Waals surface area contributed by atoms with E-state index in [2.05, 4.69) is 15.3 Å². The monoisotopic (exact) mass is 252 g/mol. The second kappa shape index (κ2) is 5.97. The number of aryl methyl sites for hydroxylation is 1. The summed E-state index contributed by atoms with van der Waals surface area (Å²) in [5.41, 5.74) is 0.880. The molecule has 6 heteroatoms. The van der Waals surface area contributed by atoms with Crippen LogP contribution in [0.5, 0.6) is 0 Å². The van der Waals surface area contributed by atoms with Gasteiger partial charge in [0.25, 0.3) is 0 Å². The normalized spacial score (nSPS) is 15.9. The summed E-state index contributed by atoms with van der Waals surface area (Å²) >= 11 is 1.46. The molecule has 17 heavy (non-hydrogen) atoms. The second-order valence-corrected chi connectivity index (χ2v) is 4.83. The van der Waals surface area contributed by atoms with Crippen LogP contribution in [0.1, 0.15) is 5.69 Å². The zero-order valence-corrected chi connectivity index (χ0v) is 10.7. The van der Waals surface area contributed by atoms with Gasteiger partial charge in [-0.2, -0.15) is 0 Å². The fraction of sp³-hybridized carbons (Fsp3) is 0.545. The Morgan fingerprint density at radius 2 is 2.12 bits per heavy atom. The van der Waals surface area contributed by atoms with E-state index in [-0.39, 0.29) is 5.91 Å². The van der Waals surface area contributed by atoms with Crippen molar-refractivity contribution in [3.63, 3.8) is 0 Å². The average Bonchev–Trinajstić information content (AvgIpc) is 2.38. The molecule has 1 fully saturated rings. The van der Waals surface area contributed by atoms with E-state index in [1.165, 1.54) is 11.8 Å². The molecule has 92 valence electrons. The van der Waals surface area contributed by atoms with Gasteiger partial charge in [0.1, 0.15) is 5.03 Å². The molecule has 0 unspecified atom stereocenters. The van der Waals surface area contributed by atoms with Crippen molar-refractivity contribution in [2.45, 2.75) is 11.9 Å². The minimum absolute atomic E-state index is 0.182. The van der Waals surface area contributed by atoms with Gasteiger partial charge in [0.15, 0.2) is 0 Å². The lowest BCUT2D eigenvalue weighted by Gasteiger charge is -2.27. The topological polar surface area (TPSA) is 58.1 Å². The number of rotatable bonds is 3. The van der Waals surface area contributed by atoms with E-state index in [1.54, 1.807) is 12.4 Å². The average molecular weight is 252 g/mol. The molecule has 2 heterocycles. The Bertz CT molecular complexity index is 393. The first-order valence-electron chi connectivity index (χ1n) is 5.66. The Morgan fingerprint density at radius 1 is 1.41 bits per heavy atom. The fourth-order valence-corrected chi connectivity index (χ4v) is 2.51. The van der Waals surface area contributed by atoms with Crippen molar-refractivity contribution in [2.24, 2.45) is 0 Å². The van der Waals surface area contributed by atoms with Crippen LogP contribution >= 0.6 is 11.8 Å². The van der Waals surface area contributed by atoms with E-state index in [4.69, 9.17) is 0 Å². The van der Waals surface area contributed by atoms with Crippen LogP contribution in [0.3, 0.4) is 0 Å². The van der Waals surface area contributed by atoms with Gasteiger partial charge in [-0.3, -0.25) is 9.78 Å². The Labute approximate surface area is 105 Å². The Kier molecular flexibility index (Phi) is 4.33. The molecule has 5 nitrogen and oxygen atoms in total. The number of nitrogens with zero attached hydrogens (tertiary/aromatic N) is 3. The molecule has 1 aliphatic heterocycles. The standard InChI is InChI=1S/C11H16N4OS/c1-9-11(14-3-2-13-9)17-8-10(16)15-6-4-12-5-7-15/h2-3,12H,4-8H2,1H3. The Morgan fingerprint density at radius 3 is 2.82 bits per heavy atom. The van der Waals surface area contributed by atoms with Crippen LogP contribution in [0.4, 0.5) is 0 Å². The maximum atomic E-state index is 11.9. The van der Waals surface area contributed by atoms with E-state index in [0.29, 0.717) is 5.75 Å². The van der Waals surface area contributed by atoms with Gasteiger partial charge in [0.2, 0.25) is 5.91 Å². The largest absolute Gasteiger partial charge is 0.339 e. The van der Waals surface area contributed by atoms with Crippen molar-refractivity contribution >= 4 is 17.7 Å². The minimum atomic E-state index is 0.182. The number of carbonyl (C=O) groups excluding carboxylic acids is 1. The quantitative estimate of drug-likeness (QED) is 0.785. The molecule has 0 atom stereocenters. The summed E-state index contributed by atoms with van der Waals surface area (Å²) in [4.78, 5) is 22.2. The summed E-state index contributed by atoms with van der Waals surface area (Å²) in [7, 11) is 0. The third-order valence-electron chi connectivity index (χ3n) is 2.64. The van der Waals surface area contributed by atoms with Crippen LogP contribution in [-0.4, -0.2) is 52.7 Å². The molecule has 1 amide bonds. The lowest BCUT2D eigenvalue weighted by Crippen LogP contribution is -2.47. The van der Waals surface area contributed by atoms with Crippen molar-refractivity contribution in [2.75, 3.05) is 31.9 Å². The van der Waals surface area contributed by atoms with E-state index in [1.807, 2.05) is 11.8 Å². The molecule has 0 aliphatic carbocycles. The molecule has 0 radical (unpaired) electrons. The Hall–Kier alpha value is -1.14. The summed E-state index contributed by atoms with van der Waals surface area (Å²) in [6.45, 7) is 5.30. The van der Waals surface area contributed by atoms with Crippen LogP contribution in [0, 0.1) is 6.92 Å². The summed E-state index contributed by atoms with van der Waals surface area (Å²) in [6, 6.07) is 0. The molecule has 1 aromatic heterocycles. The van der Waals surface area contributed by atoms with Crippen LogP contribution < -0.4 is 5.32 Å². The van der Waals surface area contributed by atoms with Gasteiger partial charge in [-0.25, -0.2) is 4.98 Å². The number of amides is 1. The predicted octanol–water partition coefficient (Wildman–Crippen LogP) is 0.309. The second-order valence-electron chi connectivity index (χ2n) is 3.87. The van der Waals surface area contributed by atoms with Crippen molar-refractivity contribution < 1.29 is 4.79 Å². The van der Waals surface area contributed by atoms with E-state index in [0.717, 1.165) is 36.9 Å². The highest BCUT2D eigenvalue weighted by molar-refractivity contribution is 7.99. The number of aromatic nitrogens is 2. The highest BCUT2D eigenvalue weighted by Gasteiger charge is 2.16. The Balaban J connectivity index is 1.85. The van der Waals surface area contributed by atoms with Gasteiger partial charge >= 0.3 is 0 Å². The highest BCUT2D eigenvalue weighted by atomic mass is 32.2. The summed E-state index contributed by atoms with van der Waals surface area (Å²) in [5.74, 6) is 0.626. The fourth-order valence-electron chi connectivity index (χ4n) is 1.67. The maximum Gasteiger partial charge on any atom is 0.233 e. The maximum absolute atomic E-state index is 11.9. The summed E-state index contributed by atoms with van der Waals surface area (Å²) in [5, 5.41) is 4.07. The zero-order valence-electron chi connectivity index (χ0n) is 9.85. The first-order valence-corrected chi connectivity index (χ1v) is 6.65. The number of nitrogens with one attached hydrogen (secondary N) is 1. The molecule has 1 aliphatic rings. The third-order valence-corrected chi connectivity index (χ3v) is 3.70. The van der Waals surface area contributed by atoms with Gasteiger partial charge in [-0.1, -0.05) is 11.8 Å². The molecule has 0 bridgehead atoms. The molecule has 2 rings (SSSR count). The zero-order chi connectivity index (χ0) is 12.1. The van der Waals surface area contributed by atoms with Gasteiger partial charge in [0.05, 0.1) is 11.4 Å². The number of hydrogen-bond acceptors (Lipinski definition) is 5. The smallest absolute Gasteiger partial charge is 0.233 e. The molecule has 0 saturated carbocycles. The first-order chi connectivity index (χ1) is 8.27. The summed E-state index contributed by atoms with van der Waals surface area (Å²) < 4.78 is 0. The molecule has 0 aromatic carbocycles. The van der Waals surface area contributed by atoms with Gasteiger partial charge in [-0.05, 0) is 6.92 Å². The minimum Gasteiger partial charge on any atom is -0.339 e. The lowest BCUT2D eigenvalue weighted by molar-refractivity contribution is -0.128. The number of carbonyl (C=O) groups is 1. The van der Waals surface area contributed by atoms with Gasteiger partial charge in [-0.15, -0.1) is 0 Å². The first kappa shape index (κ1) is 12.3. The molecular weight excluding hydrogens is 236 g/mol. The van der Waals surface area contributed by atoms with Crippen LogP contribution in [0.25, 0.3) is 0 Å². The molecule has 1 saturated heterocycles. The number of hydrogen-bond donors (Lipinski definition) is 1. The third kappa shape index (κ3) is 3.41. The van der Waals surface area contributed by atoms with Crippen LogP contribution in [0.15, 0.2) is 17.4 Å². The van der Waals surface area contributed by atoms with Crippen molar-refractivity contribution in [3.8, 4) is 0 Å². The van der Waals surface area contributed by atoms with Crippen LogP contribution in [0.2, 0.25) is 0 Å². The van der Waals surface area contributed by atoms with E-state index in [9.17, 15) is 4.79 Å². The number of thioether (sulfide) groups is 1. The molecule has 0 spiro atoms.